The standard InChI is InChI=1S/C19H20F3N3OS/c1-26-15-8-6-14(7-9-15)24-10-12-25(13-11-24)18(27)23-17-5-3-2-4-16(17)19(20,21)22/h2-9H,10-13H2,1H3,(H,23,27). The molecule has 0 amide bonds. The van der Waals surface area contributed by atoms with Crippen LogP contribution in [0.15, 0.2) is 48.5 Å². The molecule has 1 saturated heterocycles. The highest BCUT2D eigenvalue weighted by atomic mass is 32.1. The SMILES string of the molecule is COc1ccc(N2CCN(C(=S)Nc3ccccc3C(F)(F)F)CC2)cc1. The Hall–Kier alpha value is -2.48. The van der Waals surface area contributed by atoms with Crippen molar-refractivity contribution in [2.45, 2.75) is 6.18 Å². The van der Waals surface area contributed by atoms with Crippen LogP contribution >= 0.6 is 12.2 Å². The molecule has 1 fully saturated rings. The van der Waals surface area contributed by atoms with Gasteiger partial charge in [0.2, 0.25) is 0 Å². The summed E-state index contributed by atoms with van der Waals surface area (Å²) >= 11 is 5.34. The molecule has 0 aromatic heterocycles. The highest BCUT2D eigenvalue weighted by Crippen LogP contribution is 2.34. The number of piperazine rings is 1. The molecule has 1 N–H and O–H groups in total. The quantitative estimate of drug-likeness (QED) is 0.785. The summed E-state index contributed by atoms with van der Waals surface area (Å²) in [7, 11) is 1.62. The summed E-state index contributed by atoms with van der Waals surface area (Å²) in [5.74, 6) is 0.797. The Balaban J connectivity index is 1.60. The minimum Gasteiger partial charge on any atom is -0.497 e. The van der Waals surface area contributed by atoms with E-state index >= 15 is 0 Å². The second kappa shape index (κ2) is 8.04. The number of nitrogens with zero attached hydrogens (tertiary/aromatic N) is 2. The Bertz CT molecular complexity index is 788. The van der Waals surface area contributed by atoms with Gasteiger partial charge in [-0.3, -0.25) is 0 Å². The van der Waals surface area contributed by atoms with Crippen LogP contribution < -0.4 is 15.0 Å². The number of para-hydroxylation sites is 1. The first-order valence-corrected chi connectivity index (χ1v) is 8.90. The van der Waals surface area contributed by atoms with E-state index in [1.165, 1.54) is 12.1 Å². The maximum atomic E-state index is 13.1. The van der Waals surface area contributed by atoms with Crippen LogP contribution in [0.4, 0.5) is 24.5 Å². The van der Waals surface area contributed by atoms with Gasteiger partial charge in [-0.1, -0.05) is 12.1 Å². The van der Waals surface area contributed by atoms with Crippen molar-refractivity contribution in [2.24, 2.45) is 0 Å². The molecule has 0 aliphatic carbocycles. The Morgan fingerprint density at radius 2 is 1.63 bits per heavy atom. The van der Waals surface area contributed by atoms with Crippen molar-refractivity contribution in [1.29, 1.82) is 0 Å². The van der Waals surface area contributed by atoms with E-state index in [1.54, 1.807) is 13.2 Å². The largest absolute Gasteiger partial charge is 0.497 e. The van der Waals surface area contributed by atoms with E-state index in [9.17, 15) is 13.2 Å². The molecule has 8 heteroatoms. The fourth-order valence-electron chi connectivity index (χ4n) is 2.99. The van der Waals surface area contributed by atoms with E-state index < -0.39 is 11.7 Å². The molecule has 0 radical (unpaired) electrons. The molecule has 1 aliphatic rings. The predicted molar refractivity (Wildman–Crippen MR) is 104 cm³/mol. The molecule has 0 atom stereocenters. The molecule has 0 bridgehead atoms. The highest BCUT2D eigenvalue weighted by molar-refractivity contribution is 7.80. The number of anilines is 2. The van der Waals surface area contributed by atoms with Crippen LogP contribution in [0.1, 0.15) is 5.56 Å². The lowest BCUT2D eigenvalue weighted by Crippen LogP contribution is -2.50. The number of ether oxygens (including phenoxy) is 1. The maximum absolute atomic E-state index is 13.1. The molecule has 2 aromatic carbocycles. The first-order chi connectivity index (χ1) is 12.9. The normalized spacial score (nSPS) is 14.8. The average Bonchev–Trinajstić information content (AvgIpc) is 2.68. The number of hydrogen-bond acceptors (Lipinski definition) is 3. The molecule has 144 valence electrons. The molecule has 3 rings (SSSR count). The second-order valence-corrected chi connectivity index (χ2v) is 6.53. The third kappa shape index (κ3) is 4.63. The number of thiocarbonyl (C=S) groups is 1. The van der Waals surface area contributed by atoms with Crippen LogP contribution in [0.2, 0.25) is 0 Å². The first-order valence-electron chi connectivity index (χ1n) is 8.49. The summed E-state index contributed by atoms with van der Waals surface area (Å²) in [6.45, 7) is 2.72. The van der Waals surface area contributed by atoms with Gasteiger partial charge in [0.1, 0.15) is 5.75 Å². The first kappa shape index (κ1) is 19.3. The Kier molecular flexibility index (Phi) is 5.74. The van der Waals surface area contributed by atoms with Gasteiger partial charge < -0.3 is 19.9 Å². The molecule has 1 heterocycles. The highest BCUT2D eigenvalue weighted by Gasteiger charge is 2.33. The monoisotopic (exact) mass is 395 g/mol. The van der Waals surface area contributed by atoms with Gasteiger partial charge in [-0.25, -0.2) is 0 Å². The van der Waals surface area contributed by atoms with Crippen molar-refractivity contribution >= 4 is 28.7 Å². The van der Waals surface area contributed by atoms with E-state index in [0.29, 0.717) is 18.2 Å². The van der Waals surface area contributed by atoms with Crippen molar-refractivity contribution in [1.82, 2.24) is 4.90 Å². The Labute approximate surface area is 161 Å². The lowest BCUT2D eigenvalue weighted by molar-refractivity contribution is -0.136. The zero-order valence-electron chi connectivity index (χ0n) is 14.8. The van der Waals surface area contributed by atoms with Gasteiger partial charge in [-0.05, 0) is 48.6 Å². The number of benzene rings is 2. The van der Waals surface area contributed by atoms with Gasteiger partial charge in [-0.2, -0.15) is 13.2 Å². The zero-order valence-corrected chi connectivity index (χ0v) is 15.6. The topological polar surface area (TPSA) is 27.7 Å². The van der Waals surface area contributed by atoms with E-state index in [0.717, 1.165) is 30.6 Å². The molecule has 0 unspecified atom stereocenters. The molecular formula is C19H20F3N3OS. The summed E-state index contributed by atoms with van der Waals surface area (Å²) in [5.41, 5.74) is 0.341. The molecule has 0 saturated carbocycles. The smallest absolute Gasteiger partial charge is 0.418 e. The van der Waals surface area contributed by atoms with Gasteiger partial charge in [0.15, 0.2) is 5.11 Å². The van der Waals surface area contributed by atoms with Gasteiger partial charge in [0.25, 0.3) is 0 Å². The molecule has 0 spiro atoms. The van der Waals surface area contributed by atoms with Gasteiger partial charge in [-0.15, -0.1) is 0 Å². The lowest BCUT2D eigenvalue weighted by atomic mass is 10.1. The predicted octanol–water partition coefficient (Wildman–Crippen LogP) is 4.23. The molecular weight excluding hydrogens is 375 g/mol. The maximum Gasteiger partial charge on any atom is 0.418 e. The molecule has 1 aliphatic heterocycles. The van der Waals surface area contributed by atoms with Crippen LogP contribution in [-0.4, -0.2) is 43.3 Å². The van der Waals surface area contributed by atoms with E-state index in [4.69, 9.17) is 17.0 Å². The number of hydrogen-bond donors (Lipinski definition) is 1. The minimum atomic E-state index is -4.42. The number of methoxy groups -OCH3 is 1. The number of rotatable bonds is 3. The van der Waals surface area contributed by atoms with Gasteiger partial charge >= 0.3 is 6.18 Å². The van der Waals surface area contributed by atoms with E-state index in [1.807, 2.05) is 29.2 Å². The van der Waals surface area contributed by atoms with Crippen molar-refractivity contribution < 1.29 is 17.9 Å². The van der Waals surface area contributed by atoms with Crippen LogP contribution in [0.5, 0.6) is 5.75 Å². The fraction of sp³-hybridized carbons (Fsp3) is 0.316. The Morgan fingerprint density at radius 3 is 2.22 bits per heavy atom. The minimum absolute atomic E-state index is 0.0208. The Morgan fingerprint density at radius 1 is 1.00 bits per heavy atom. The van der Waals surface area contributed by atoms with Crippen molar-refractivity contribution in [3.63, 3.8) is 0 Å². The fourth-order valence-corrected chi connectivity index (χ4v) is 3.29. The van der Waals surface area contributed by atoms with Crippen LogP contribution in [0.3, 0.4) is 0 Å². The van der Waals surface area contributed by atoms with Crippen LogP contribution in [0, 0.1) is 0 Å². The third-order valence-electron chi connectivity index (χ3n) is 4.48. The number of alkyl halides is 3. The van der Waals surface area contributed by atoms with Crippen molar-refractivity contribution in [3.05, 3.63) is 54.1 Å². The summed E-state index contributed by atoms with van der Waals surface area (Å²) < 4.78 is 44.5. The van der Waals surface area contributed by atoms with Crippen molar-refractivity contribution in [3.8, 4) is 5.75 Å². The zero-order chi connectivity index (χ0) is 19.4. The summed E-state index contributed by atoms with van der Waals surface area (Å²) in [5, 5.41) is 3.07. The summed E-state index contributed by atoms with van der Waals surface area (Å²) in [6, 6.07) is 13.2. The van der Waals surface area contributed by atoms with Crippen LogP contribution in [-0.2, 0) is 6.18 Å². The summed E-state index contributed by atoms with van der Waals surface area (Å²) in [6.07, 6.45) is -4.42. The van der Waals surface area contributed by atoms with Gasteiger partial charge in [0.05, 0.1) is 18.4 Å². The number of halogens is 3. The van der Waals surface area contributed by atoms with E-state index in [-0.39, 0.29) is 5.69 Å². The number of nitrogens with one attached hydrogen (secondary N) is 1. The van der Waals surface area contributed by atoms with E-state index in [2.05, 4.69) is 10.2 Å². The lowest BCUT2D eigenvalue weighted by Gasteiger charge is -2.37. The molecule has 4 nitrogen and oxygen atoms in total. The molecule has 2 aromatic rings. The molecule has 27 heavy (non-hydrogen) atoms. The van der Waals surface area contributed by atoms with Crippen LogP contribution in [0.25, 0.3) is 0 Å². The average molecular weight is 395 g/mol. The van der Waals surface area contributed by atoms with Gasteiger partial charge in [0, 0.05) is 31.9 Å². The summed E-state index contributed by atoms with van der Waals surface area (Å²) in [4.78, 5) is 4.10. The van der Waals surface area contributed by atoms with Crippen molar-refractivity contribution in [2.75, 3.05) is 43.5 Å². The third-order valence-corrected chi connectivity index (χ3v) is 4.84. The second-order valence-electron chi connectivity index (χ2n) is 6.15.